The van der Waals surface area contributed by atoms with E-state index in [0.29, 0.717) is 43.3 Å². The lowest BCUT2D eigenvalue weighted by Gasteiger charge is -2.43. The Hall–Kier alpha value is -6.39. The molecule has 2 aromatic heterocycles. The van der Waals surface area contributed by atoms with E-state index in [0.717, 1.165) is 53.3 Å². The molecular weight excluding hydrogens is 1020 g/mol. The number of β-amino-alcohol motifs (C(OH)–C–C–N with tert-alkyl or cyclic N) is 1. The highest BCUT2D eigenvalue weighted by molar-refractivity contribution is 7.92. The minimum Gasteiger partial charge on any atom is -0.494 e. The van der Waals surface area contributed by atoms with E-state index in [-0.39, 0.29) is 47.2 Å². The Labute approximate surface area is 447 Å². The fourth-order valence-electron chi connectivity index (χ4n) is 9.71. The average molecular weight is 1080 g/mol. The lowest BCUT2D eigenvalue weighted by molar-refractivity contribution is -0.150. The van der Waals surface area contributed by atoms with E-state index >= 15 is 0 Å². The first-order valence-corrected chi connectivity index (χ1v) is 27.9. The molecule has 0 aliphatic carbocycles. The lowest BCUT2D eigenvalue weighted by Crippen LogP contribution is -2.61. The Morgan fingerprint density at radius 2 is 1.63 bits per heavy atom. The molecule has 3 saturated heterocycles. The molecule has 400 valence electrons. The number of likely N-dealkylation sites (tertiary alicyclic amines) is 1. The summed E-state index contributed by atoms with van der Waals surface area (Å²) in [5, 5.41) is 22.2. The van der Waals surface area contributed by atoms with Gasteiger partial charge >= 0.3 is 11.8 Å². The summed E-state index contributed by atoms with van der Waals surface area (Å²) >= 11 is 8.04. The summed E-state index contributed by atoms with van der Waals surface area (Å²) in [7, 11) is -2.01. The van der Waals surface area contributed by atoms with Crippen molar-refractivity contribution in [3.8, 4) is 16.2 Å². The second kappa shape index (κ2) is 23.2. The molecule has 8 rings (SSSR count). The van der Waals surface area contributed by atoms with Gasteiger partial charge in [0.1, 0.15) is 22.9 Å². The quantitative estimate of drug-likeness (QED) is 0.0739. The number of aryl methyl sites for hydroxylation is 1. The first-order valence-electron chi connectivity index (χ1n) is 25.1. The zero-order chi connectivity index (χ0) is 53.8. The Balaban J connectivity index is 0.814. The predicted molar refractivity (Wildman–Crippen MR) is 290 cm³/mol. The normalized spacial score (nSPS) is 18.2. The number of amides is 4. The molecule has 0 radical (unpaired) electrons. The van der Waals surface area contributed by atoms with Crippen LogP contribution in [0.25, 0.3) is 10.4 Å². The smallest absolute Gasteiger partial charge is 0.311 e. The number of piperidine rings is 1. The number of aliphatic hydroxyl groups excluding tert-OH is 1. The molecule has 5 heterocycles. The van der Waals surface area contributed by atoms with Crippen LogP contribution in [0.4, 0.5) is 28.8 Å². The first-order chi connectivity index (χ1) is 35.7. The minimum atomic E-state index is -3.60. The number of aromatic nitrogens is 3. The van der Waals surface area contributed by atoms with Crippen LogP contribution in [-0.2, 0) is 35.6 Å². The number of hydrogen-bond donors (Lipinski definition) is 5. The molecular formula is C53H66ClN11O8S2. The Kier molecular flexibility index (Phi) is 17.0. The van der Waals surface area contributed by atoms with Crippen molar-refractivity contribution in [2.45, 2.75) is 102 Å². The van der Waals surface area contributed by atoms with Gasteiger partial charge in [0.25, 0.3) is 0 Å². The van der Waals surface area contributed by atoms with Crippen molar-refractivity contribution in [3.05, 3.63) is 94.7 Å². The number of rotatable bonds is 15. The topological polar surface area (TPSA) is 232 Å². The number of anilines is 5. The Morgan fingerprint density at radius 1 is 0.920 bits per heavy atom. The molecule has 3 fully saturated rings. The number of methoxy groups -OCH3 is 1. The molecule has 4 amide bonds. The Morgan fingerprint density at radius 3 is 2.28 bits per heavy atom. The van der Waals surface area contributed by atoms with Crippen LogP contribution in [-0.4, -0.2) is 149 Å². The summed E-state index contributed by atoms with van der Waals surface area (Å²) in [6, 6.07) is 18.4. The van der Waals surface area contributed by atoms with Gasteiger partial charge < -0.3 is 45.8 Å². The number of hydrogen-bond acceptors (Lipinski definition) is 16. The highest BCUT2D eigenvalue weighted by Crippen LogP contribution is 2.36. The monoisotopic (exact) mass is 1080 g/mol. The summed E-state index contributed by atoms with van der Waals surface area (Å²) in [4.78, 5) is 77.1. The summed E-state index contributed by atoms with van der Waals surface area (Å²) < 4.78 is 31.9. The number of nitrogens with one attached hydrogen (secondary N) is 4. The van der Waals surface area contributed by atoms with Gasteiger partial charge in [-0.1, -0.05) is 68.8 Å². The van der Waals surface area contributed by atoms with E-state index in [4.69, 9.17) is 16.3 Å². The molecule has 19 nitrogen and oxygen atoms in total. The maximum Gasteiger partial charge on any atom is 0.311 e. The van der Waals surface area contributed by atoms with Gasteiger partial charge in [0.15, 0.2) is 15.7 Å². The van der Waals surface area contributed by atoms with Crippen molar-refractivity contribution < 1.29 is 37.4 Å². The second-order valence-corrected chi connectivity index (χ2v) is 24.2. The molecule has 3 aliphatic heterocycles. The third kappa shape index (κ3) is 12.7. The number of piperazine rings is 1. The van der Waals surface area contributed by atoms with Gasteiger partial charge in [-0.3, -0.25) is 24.1 Å². The van der Waals surface area contributed by atoms with Crippen molar-refractivity contribution in [2.75, 3.05) is 68.5 Å². The maximum atomic E-state index is 14.2. The van der Waals surface area contributed by atoms with Crippen LogP contribution in [0.2, 0.25) is 5.02 Å². The fourth-order valence-corrected chi connectivity index (χ4v) is 11.9. The second-order valence-electron chi connectivity index (χ2n) is 20.5. The number of carbonyl (C=O) groups excluding carboxylic acids is 4. The SMILES string of the molecule is COc1cc(N2CCC(N3CCN(C(=O)C(=O)N[C@H](C(=O)N4C[C@H](O)C[C@H]4C(=O)NCc4ccc(-c5scnc5C)cc4)C(C)(C)C)CC3)CC2)ccc1Nc1ncc(Cl)c(Nc2ccccc2S(=O)(=O)C(C)C)n1. The number of benzene rings is 3. The van der Waals surface area contributed by atoms with Gasteiger partial charge in [-0.15, -0.1) is 11.3 Å². The number of nitrogens with zero attached hydrogens (tertiary/aromatic N) is 7. The summed E-state index contributed by atoms with van der Waals surface area (Å²) in [6.45, 7) is 14.2. The van der Waals surface area contributed by atoms with Crippen LogP contribution < -0.4 is 30.9 Å². The van der Waals surface area contributed by atoms with Crippen LogP contribution in [0.1, 0.15) is 65.1 Å². The van der Waals surface area contributed by atoms with Gasteiger partial charge in [0.05, 0.1) is 57.0 Å². The summed E-state index contributed by atoms with van der Waals surface area (Å²) in [6.07, 6.45) is 2.32. The van der Waals surface area contributed by atoms with E-state index in [1.165, 1.54) is 16.0 Å². The van der Waals surface area contributed by atoms with Crippen molar-refractivity contribution in [1.29, 1.82) is 0 Å². The summed E-state index contributed by atoms with van der Waals surface area (Å²) in [5.74, 6) is -1.54. The number of aliphatic hydroxyl groups is 1. The molecule has 0 unspecified atom stereocenters. The number of ether oxygens (including phenoxy) is 1. The first kappa shape index (κ1) is 54.9. The molecule has 0 saturated carbocycles. The van der Waals surface area contributed by atoms with Crippen LogP contribution in [0.3, 0.4) is 0 Å². The van der Waals surface area contributed by atoms with E-state index in [1.807, 2.05) is 49.4 Å². The molecule has 75 heavy (non-hydrogen) atoms. The fraction of sp³-hybridized carbons (Fsp3) is 0.453. The third-order valence-electron chi connectivity index (χ3n) is 14.1. The van der Waals surface area contributed by atoms with Crippen molar-refractivity contribution >= 4 is 85.2 Å². The third-order valence-corrected chi connectivity index (χ3v) is 17.5. The van der Waals surface area contributed by atoms with Crippen LogP contribution >= 0.6 is 22.9 Å². The number of thiazole rings is 1. The van der Waals surface area contributed by atoms with Gasteiger partial charge in [0.2, 0.25) is 17.8 Å². The zero-order valence-corrected chi connectivity index (χ0v) is 45.7. The minimum absolute atomic E-state index is 0.0480. The molecule has 3 atom stereocenters. The average Bonchev–Trinajstić information content (AvgIpc) is 4.02. The molecule has 22 heteroatoms. The molecule has 3 aromatic carbocycles. The maximum absolute atomic E-state index is 14.2. The number of para-hydroxylation sites is 1. The Bertz CT molecular complexity index is 2990. The van der Waals surface area contributed by atoms with E-state index in [1.54, 1.807) is 82.8 Å². The highest BCUT2D eigenvalue weighted by Gasteiger charge is 2.45. The van der Waals surface area contributed by atoms with Crippen LogP contribution in [0.15, 0.2) is 83.3 Å². The predicted octanol–water partition coefficient (Wildman–Crippen LogP) is 6.16. The van der Waals surface area contributed by atoms with Crippen LogP contribution in [0, 0.1) is 12.3 Å². The van der Waals surface area contributed by atoms with Crippen LogP contribution in [0.5, 0.6) is 5.75 Å². The highest BCUT2D eigenvalue weighted by atomic mass is 35.5. The zero-order valence-electron chi connectivity index (χ0n) is 43.3. The van der Waals surface area contributed by atoms with Crippen molar-refractivity contribution in [1.82, 2.24) is 40.3 Å². The van der Waals surface area contributed by atoms with E-state index in [2.05, 4.69) is 46.0 Å². The lowest BCUT2D eigenvalue weighted by atomic mass is 9.85. The molecule has 0 spiro atoms. The molecule has 0 bridgehead atoms. The van der Waals surface area contributed by atoms with Gasteiger partial charge in [-0.05, 0) is 74.4 Å². The number of halogens is 1. The summed E-state index contributed by atoms with van der Waals surface area (Å²) in [5.41, 5.74) is 5.77. The van der Waals surface area contributed by atoms with Crippen molar-refractivity contribution in [2.24, 2.45) is 5.41 Å². The van der Waals surface area contributed by atoms with E-state index in [9.17, 15) is 32.7 Å². The molecule has 5 N–H and O–H groups in total. The van der Waals surface area contributed by atoms with Gasteiger partial charge in [-0.2, -0.15) is 4.98 Å². The molecule has 5 aromatic rings. The number of sulfone groups is 1. The molecule has 3 aliphatic rings. The van der Waals surface area contributed by atoms with Gasteiger partial charge in [-0.25, -0.2) is 18.4 Å². The largest absolute Gasteiger partial charge is 0.494 e. The number of carbonyl (C=O) groups is 4. The van der Waals surface area contributed by atoms with Gasteiger partial charge in [0, 0.05) is 76.6 Å². The van der Waals surface area contributed by atoms with E-state index < -0.39 is 62.3 Å². The van der Waals surface area contributed by atoms with Crippen molar-refractivity contribution in [3.63, 3.8) is 0 Å². The standard InChI is InChI=1S/C53H66ClN11O8S2/c1-32(2)75(71,72)44-11-9-8-10-41(44)58-47-39(54)29-56-52(61-47)59-40-17-16-37(26-43(40)73-7)62-20-18-36(19-21-62)63-22-24-64(25-23-63)51(70)49(68)60-46(53(4,5)6)50(69)65-30-38(66)27-42(65)48(67)55-28-34-12-14-35(15-13-34)45-33(3)57-31-74-45/h8-17,26,29,31-32,36,38,42,46,66H,18-25,27-28,30H2,1-7H3,(H,55,67)(H,60,68)(H2,56,58,59,61)/t38-,42+,46-/m1/s1.